The molecule has 0 fully saturated rings. The fraction of sp³-hybridized carbons (Fsp3) is 0.333. The maximum atomic E-state index is 13.7. The zero-order valence-electron chi connectivity index (χ0n) is 16.7. The molecule has 2 rings (SSSR count). The van der Waals surface area contributed by atoms with E-state index in [1.165, 1.54) is 13.0 Å². The standard InChI is InChI=1S/C21H27FN4O2.HI/c1-3-23-21(24-12-11-17-7-4-5-10-20(17)22)25-13-14-28-19-9-6-8-18(15-19)26-16(2)27;/h4-10,15H,3,11-14H2,1-2H3,(H,26,27)(H2,23,24,25);1H. The highest BCUT2D eigenvalue weighted by Gasteiger charge is 2.02. The number of carbonyl (C=O) groups is 1. The first-order valence-electron chi connectivity index (χ1n) is 9.34. The van der Waals surface area contributed by atoms with E-state index in [0.29, 0.717) is 49.1 Å². The fourth-order valence-electron chi connectivity index (χ4n) is 2.54. The van der Waals surface area contributed by atoms with Crippen LogP contribution in [0.5, 0.6) is 5.75 Å². The summed E-state index contributed by atoms with van der Waals surface area (Å²) in [6.45, 7) is 5.64. The van der Waals surface area contributed by atoms with Crippen LogP contribution in [-0.2, 0) is 11.2 Å². The second-order valence-electron chi connectivity index (χ2n) is 6.09. The molecule has 0 unspecified atom stereocenters. The number of anilines is 1. The van der Waals surface area contributed by atoms with E-state index in [4.69, 9.17) is 4.74 Å². The van der Waals surface area contributed by atoms with Crippen LogP contribution in [0.4, 0.5) is 10.1 Å². The van der Waals surface area contributed by atoms with E-state index in [1.54, 1.807) is 24.3 Å². The minimum absolute atomic E-state index is 0. The summed E-state index contributed by atoms with van der Waals surface area (Å²) >= 11 is 0. The van der Waals surface area contributed by atoms with Crippen LogP contribution < -0.4 is 20.7 Å². The number of nitrogens with one attached hydrogen (secondary N) is 3. The summed E-state index contributed by atoms with van der Waals surface area (Å²) in [7, 11) is 0. The van der Waals surface area contributed by atoms with Gasteiger partial charge >= 0.3 is 0 Å². The lowest BCUT2D eigenvalue weighted by Crippen LogP contribution is -2.39. The molecule has 8 heteroatoms. The van der Waals surface area contributed by atoms with Gasteiger partial charge in [-0.25, -0.2) is 4.39 Å². The van der Waals surface area contributed by atoms with Gasteiger partial charge in [-0.3, -0.25) is 9.79 Å². The molecule has 0 spiro atoms. The summed E-state index contributed by atoms with van der Waals surface area (Å²) in [5.41, 5.74) is 1.35. The Kier molecular flexibility index (Phi) is 11.7. The van der Waals surface area contributed by atoms with Crippen molar-refractivity contribution in [2.45, 2.75) is 20.3 Å². The summed E-state index contributed by atoms with van der Waals surface area (Å²) in [6, 6.07) is 14.0. The van der Waals surface area contributed by atoms with Crippen LogP contribution in [0.15, 0.2) is 53.5 Å². The maximum Gasteiger partial charge on any atom is 0.221 e. The van der Waals surface area contributed by atoms with Crippen molar-refractivity contribution in [3.63, 3.8) is 0 Å². The van der Waals surface area contributed by atoms with E-state index in [1.807, 2.05) is 25.1 Å². The second-order valence-corrected chi connectivity index (χ2v) is 6.09. The number of guanidine groups is 1. The van der Waals surface area contributed by atoms with Gasteiger partial charge in [0.1, 0.15) is 18.2 Å². The van der Waals surface area contributed by atoms with E-state index in [0.717, 1.165) is 6.54 Å². The predicted octanol–water partition coefficient (Wildman–Crippen LogP) is 3.58. The van der Waals surface area contributed by atoms with Crippen molar-refractivity contribution < 1.29 is 13.9 Å². The van der Waals surface area contributed by atoms with E-state index in [-0.39, 0.29) is 35.7 Å². The number of nitrogens with zero attached hydrogens (tertiary/aromatic N) is 1. The highest BCUT2D eigenvalue weighted by Crippen LogP contribution is 2.17. The van der Waals surface area contributed by atoms with Gasteiger partial charge in [0.25, 0.3) is 0 Å². The molecule has 29 heavy (non-hydrogen) atoms. The first-order valence-corrected chi connectivity index (χ1v) is 9.34. The molecule has 0 bridgehead atoms. The molecule has 0 heterocycles. The van der Waals surface area contributed by atoms with Gasteiger partial charge in [0.2, 0.25) is 5.91 Å². The summed E-state index contributed by atoms with van der Waals surface area (Å²) in [4.78, 5) is 15.6. The SMILES string of the molecule is CCNC(=NCCc1ccccc1F)NCCOc1cccc(NC(C)=O)c1.I. The lowest BCUT2D eigenvalue weighted by Gasteiger charge is -2.12. The molecule has 0 aromatic heterocycles. The van der Waals surface area contributed by atoms with E-state index in [9.17, 15) is 9.18 Å². The Morgan fingerprint density at radius 2 is 1.93 bits per heavy atom. The Balaban J connectivity index is 0.00000420. The minimum Gasteiger partial charge on any atom is -0.492 e. The monoisotopic (exact) mass is 514 g/mol. The molecular formula is C21H28FIN4O2. The number of amides is 1. The molecule has 0 aliphatic heterocycles. The molecule has 1 amide bonds. The fourth-order valence-corrected chi connectivity index (χ4v) is 2.54. The molecule has 0 saturated carbocycles. The third kappa shape index (κ3) is 9.60. The maximum absolute atomic E-state index is 13.7. The van der Waals surface area contributed by atoms with Crippen molar-refractivity contribution in [1.29, 1.82) is 0 Å². The summed E-state index contributed by atoms with van der Waals surface area (Å²) in [5, 5.41) is 9.06. The van der Waals surface area contributed by atoms with E-state index < -0.39 is 0 Å². The number of halogens is 2. The molecule has 2 aromatic rings. The molecule has 158 valence electrons. The Morgan fingerprint density at radius 3 is 2.66 bits per heavy atom. The highest BCUT2D eigenvalue weighted by molar-refractivity contribution is 14.0. The second kappa shape index (κ2) is 13.8. The predicted molar refractivity (Wildman–Crippen MR) is 126 cm³/mol. The Hall–Kier alpha value is -2.36. The quantitative estimate of drug-likeness (QED) is 0.207. The number of rotatable bonds is 9. The molecule has 2 aromatic carbocycles. The number of aliphatic imine (C=N–C) groups is 1. The highest BCUT2D eigenvalue weighted by atomic mass is 127. The van der Waals surface area contributed by atoms with Crippen LogP contribution in [-0.4, -0.2) is 38.1 Å². The molecule has 0 atom stereocenters. The van der Waals surface area contributed by atoms with Gasteiger partial charge in [-0.2, -0.15) is 0 Å². The van der Waals surface area contributed by atoms with E-state index in [2.05, 4.69) is 20.9 Å². The topological polar surface area (TPSA) is 74.8 Å². The largest absolute Gasteiger partial charge is 0.492 e. The van der Waals surface area contributed by atoms with E-state index >= 15 is 0 Å². The number of hydrogen-bond donors (Lipinski definition) is 3. The average Bonchev–Trinajstić information content (AvgIpc) is 2.66. The van der Waals surface area contributed by atoms with Gasteiger partial charge in [-0.15, -0.1) is 24.0 Å². The van der Waals surface area contributed by atoms with Crippen molar-refractivity contribution in [1.82, 2.24) is 10.6 Å². The normalized spacial score (nSPS) is 10.7. The number of ether oxygens (including phenoxy) is 1. The van der Waals surface area contributed by atoms with Gasteiger partial charge in [0.15, 0.2) is 5.96 Å². The molecule has 0 aliphatic carbocycles. The van der Waals surface area contributed by atoms with Gasteiger partial charge in [-0.05, 0) is 37.1 Å². The summed E-state index contributed by atoms with van der Waals surface area (Å²) in [6.07, 6.45) is 0.537. The molecule has 0 radical (unpaired) electrons. The molecule has 0 saturated heterocycles. The molecular weight excluding hydrogens is 486 g/mol. The Labute approximate surface area is 188 Å². The lowest BCUT2D eigenvalue weighted by molar-refractivity contribution is -0.114. The smallest absolute Gasteiger partial charge is 0.221 e. The van der Waals surface area contributed by atoms with Crippen molar-refractivity contribution >= 4 is 41.5 Å². The van der Waals surface area contributed by atoms with Crippen molar-refractivity contribution in [3.05, 3.63) is 59.9 Å². The molecule has 6 nitrogen and oxygen atoms in total. The number of benzene rings is 2. The van der Waals surface area contributed by atoms with Crippen molar-refractivity contribution in [2.75, 3.05) is 31.6 Å². The third-order valence-electron chi connectivity index (χ3n) is 3.77. The lowest BCUT2D eigenvalue weighted by atomic mass is 10.1. The van der Waals surface area contributed by atoms with Crippen LogP contribution in [0.25, 0.3) is 0 Å². The van der Waals surface area contributed by atoms with Gasteiger partial charge in [-0.1, -0.05) is 24.3 Å². The number of carbonyl (C=O) groups excluding carboxylic acids is 1. The van der Waals surface area contributed by atoms with Crippen LogP contribution in [0, 0.1) is 5.82 Å². The first kappa shape index (κ1) is 24.7. The zero-order valence-corrected chi connectivity index (χ0v) is 19.0. The molecule has 3 N–H and O–H groups in total. The zero-order chi connectivity index (χ0) is 20.2. The van der Waals surface area contributed by atoms with Gasteiger partial charge < -0.3 is 20.7 Å². The number of hydrogen-bond acceptors (Lipinski definition) is 3. The van der Waals surface area contributed by atoms with Gasteiger partial charge in [0.05, 0.1) is 6.54 Å². The molecule has 0 aliphatic rings. The summed E-state index contributed by atoms with van der Waals surface area (Å²) < 4.78 is 19.4. The van der Waals surface area contributed by atoms with Crippen LogP contribution in [0.3, 0.4) is 0 Å². The van der Waals surface area contributed by atoms with Crippen LogP contribution in [0.1, 0.15) is 19.4 Å². The van der Waals surface area contributed by atoms with Crippen molar-refractivity contribution in [2.24, 2.45) is 4.99 Å². The third-order valence-corrected chi connectivity index (χ3v) is 3.77. The first-order chi connectivity index (χ1) is 13.6. The minimum atomic E-state index is -0.203. The van der Waals surface area contributed by atoms with Crippen molar-refractivity contribution in [3.8, 4) is 5.75 Å². The van der Waals surface area contributed by atoms with Gasteiger partial charge in [0, 0.05) is 31.8 Å². The Morgan fingerprint density at radius 1 is 1.14 bits per heavy atom. The van der Waals surface area contributed by atoms with Crippen LogP contribution in [0.2, 0.25) is 0 Å². The van der Waals surface area contributed by atoms with Crippen LogP contribution >= 0.6 is 24.0 Å². The Bertz CT molecular complexity index is 802. The summed E-state index contributed by atoms with van der Waals surface area (Å²) in [5.74, 6) is 1.01. The average molecular weight is 514 g/mol.